The first-order chi connectivity index (χ1) is 8.58. The predicted octanol–water partition coefficient (Wildman–Crippen LogP) is 2.75. The molecule has 0 fully saturated rings. The molecule has 2 rings (SSSR count). The molecule has 1 amide bonds. The number of hydrogen-bond acceptors (Lipinski definition) is 5. The van der Waals surface area contributed by atoms with Gasteiger partial charge < -0.3 is 9.84 Å². The molecule has 0 radical (unpaired) electrons. The number of nitrogens with one attached hydrogen (secondary N) is 1. The number of thiophene rings is 1. The van der Waals surface area contributed by atoms with Gasteiger partial charge in [0.15, 0.2) is 5.82 Å². The van der Waals surface area contributed by atoms with Gasteiger partial charge in [0.2, 0.25) is 5.89 Å². The van der Waals surface area contributed by atoms with Gasteiger partial charge in [-0.25, -0.2) is 0 Å². The van der Waals surface area contributed by atoms with Gasteiger partial charge in [-0.2, -0.15) is 16.3 Å². The van der Waals surface area contributed by atoms with E-state index in [9.17, 15) is 4.79 Å². The fraction of sp³-hybridized carbons (Fsp3) is 0.417. The summed E-state index contributed by atoms with van der Waals surface area (Å²) in [6, 6.07) is 1.48. The van der Waals surface area contributed by atoms with Crippen LogP contribution in [0.25, 0.3) is 0 Å². The minimum Gasteiger partial charge on any atom is -0.340 e. The third-order valence-electron chi connectivity index (χ3n) is 2.48. The van der Waals surface area contributed by atoms with Crippen LogP contribution in [0.4, 0.5) is 0 Å². The molecule has 0 spiro atoms. The second-order valence-corrected chi connectivity index (χ2v) is 5.13. The maximum Gasteiger partial charge on any atom is 0.252 e. The molecular formula is C12H15N3O2S. The van der Waals surface area contributed by atoms with E-state index in [0.717, 1.165) is 0 Å². The first-order valence-corrected chi connectivity index (χ1v) is 6.68. The molecule has 2 aromatic rings. The van der Waals surface area contributed by atoms with Crippen molar-refractivity contribution < 1.29 is 9.32 Å². The second kappa shape index (κ2) is 5.30. The van der Waals surface area contributed by atoms with Crippen LogP contribution >= 0.6 is 11.3 Å². The van der Waals surface area contributed by atoms with Gasteiger partial charge in [-0.1, -0.05) is 19.0 Å². The Morgan fingerprint density at radius 1 is 1.44 bits per heavy atom. The third kappa shape index (κ3) is 2.76. The van der Waals surface area contributed by atoms with Crippen molar-refractivity contribution >= 4 is 17.2 Å². The van der Waals surface area contributed by atoms with Gasteiger partial charge in [0, 0.05) is 11.3 Å². The summed E-state index contributed by atoms with van der Waals surface area (Å²) in [6.45, 7) is 5.80. The van der Waals surface area contributed by atoms with E-state index >= 15 is 0 Å². The maximum atomic E-state index is 11.8. The largest absolute Gasteiger partial charge is 0.340 e. The predicted molar refractivity (Wildman–Crippen MR) is 68.6 cm³/mol. The fourth-order valence-corrected chi connectivity index (χ4v) is 2.03. The second-order valence-electron chi connectivity index (χ2n) is 4.35. The van der Waals surface area contributed by atoms with E-state index in [4.69, 9.17) is 4.52 Å². The molecule has 18 heavy (non-hydrogen) atoms. The van der Waals surface area contributed by atoms with Gasteiger partial charge >= 0.3 is 0 Å². The number of aromatic nitrogens is 2. The Labute approximate surface area is 109 Å². The molecule has 0 aliphatic carbocycles. The Kier molecular flexibility index (Phi) is 3.76. The third-order valence-corrected chi connectivity index (χ3v) is 3.16. The number of carbonyl (C=O) groups excluding carboxylic acids is 1. The van der Waals surface area contributed by atoms with E-state index in [0.29, 0.717) is 17.3 Å². The zero-order valence-electron chi connectivity index (χ0n) is 10.5. The van der Waals surface area contributed by atoms with E-state index in [-0.39, 0.29) is 17.9 Å². The Bertz CT molecular complexity index is 519. The first kappa shape index (κ1) is 12.8. The summed E-state index contributed by atoms with van der Waals surface area (Å²) in [5.41, 5.74) is 0.649. The van der Waals surface area contributed by atoms with Crippen LogP contribution in [-0.4, -0.2) is 16.0 Å². The molecule has 0 aliphatic heterocycles. The smallest absolute Gasteiger partial charge is 0.252 e. The van der Waals surface area contributed by atoms with Crippen LogP contribution in [0.2, 0.25) is 0 Å². The van der Waals surface area contributed by atoms with Crippen molar-refractivity contribution in [3.05, 3.63) is 34.1 Å². The Morgan fingerprint density at radius 3 is 2.78 bits per heavy atom. The minimum atomic E-state index is -0.294. The number of nitrogens with zero attached hydrogens (tertiary/aromatic N) is 2. The summed E-state index contributed by atoms with van der Waals surface area (Å²) in [7, 11) is 0. The van der Waals surface area contributed by atoms with E-state index in [1.807, 2.05) is 26.2 Å². The van der Waals surface area contributed by atoms with Gasteiger partial charge in [-0.3, -0.25) is 4.79 Å². The average Bonchev–Trinajstić information content (AvgIpc) is 3.00. The number of hydrogen-bond donors (Lipinski definition) is 1. The van der Waals surface area contributed by atoms with E-state index in [2.05, 4.69) is 15.5 Å². The molecule has 0 unspecified atom stereocenters. The van der Waals surface area contributed by atoms with Crippen molar-refractivity contribution in [1.82, 2.24) is 15.5 Å². The van der Waals surface area contributed by atoms with Crippen LogP contribution in [0, 0.1) is 0 Å². The molecule has 6 heteroatoms. The number of carbonyl (C=O) groups is 1. The van der Waals surface area contributed by atoms with Crippen molar-refractivity contribution in [2.24, 2.45) is 0 Å². The van der Waals surface area contributed by atoms with Crippen molar-refractivity contribution in [3.8, 4) is 0 Å². The van der Waals surface area contributed by atoms with Gasteiger partial charge in [0.1, 0.15) is 6.04 Å². The van der Waals surface area contributed by atoms with Crippen LogP contribution in [0.15, 0.2) is 21.3 Å². The molecule has 96 valence electrons. The molecular weight excluding hydrogens is 250 g/mol. The van der Waals surface area contributed by atoms with Crippen LogP contribution in [0.1, 0.15) is 54.8 Å². The topological polar surface area (TPSA) is 68.0 Å². The van der Waals surface area contributed by atoms with Crippen molar-refractivity contribution in [3.63, 3.8) is 0 Å². The summed E-state index contributed by atoms with van der Waals surface area (Å²) in [4.78, 5) is 16.1. The normalized spacial score (nSPS) is 12.7. The van der Waals surface area contributed by atoms with Gasteiger partial charge in [0.25, 0.3) is 5.91 Å². The van der Waals surface area contributed by atoms with E-state index in [1.54, 1.807) is 11.4 Å². The standard InChI is InChI=1S/C12H15N3O2S/c1-7(2)10-14-12(17-15-10)8(3)13-11(16)9-4-5-18-6-9/h4-8H,1-3H3,(H,13,16)/t8-/m0/s1. The lowest BCUT2D eigenvalue weighted by atomic mass is 10.2. The Hall–Kier alpha value is -1.69. The lowest BCUT2D eigenvalue weighted by Gasteiger charge is -2.08. The van der Waals surface area contributed by atoms with Gasteiger partial charge in [-0.15, -0.1) is 0 Å². The minimum absolute atomic E-state index is 0.131. The average molecular weight is 265 g/mol. The highest BCUT2D eigenvalue weighted by molar-refractivity contribution is 7.08. The highest BCUT2D eigenvalue weighted by Crippen LogP contribution is 2.15. The van der Waals surface area contributed by atoms with Crippen molar-refractivity contribution in [1.29, 1.82) is 0 Å². The SMILES string of the molecule is CC(C)c1noc([C@H](C)NC(=O)c2ccsc2)n1. The van der Waals surface area contributed by atoms with Crippen LogP contribution < -0.4 is 5.32 Å². The van der Waals surface area contributed by atoms with Crippen LogP contribution in [0.5, 0.6) is 0 Å². The van der Waals surface area contributed by atoms with E-state index < -0.39 is 0 Å². The monoisotopic (exact) mass is 265 g/mol. The zero-order valence-corrected chi connectivity index (χ0v) is 11.3. The van der Waals surface area contributed by atoms with Crippen LogP contribution in [0.3, 0.4) is 0 Å². The molecule has 0 saturated carbocycles. The first-order valence-electron chi connectivity index (χ1n) is 5.74. The quantitative estimate of drug-likeness (QED) is 0.923. The van der Waals surface area contributed by atoms with Crippen molar-refractivity contribution in [2.45, 2.75) is 32.7 Å². The molecule has 2 aromatic heterocycles. The lowest BCUT2D eigenvalue weighted by Crippen LogP contribution is -2.26. The Balaban J connectivity index is 2.03. The molecule has 0 saturated heterocycles. The molecule has 1 atom stereocenters. The maximum absolute atomic E-state index is 11.8. The molecule has 0 aliphatic rings. The zero-order chi connectivity index (χ0) is 13.1. The molecule has 1 N–H and O–H groups in total. The summed E-state index contributed by atoms with van der Waals surface area (Å²) < 4.78 is 5.13. The summed E-state index contributed by atoms with van der Waals surface area (Å²) in [5, 5.41) is 10.4. The number of amides is 1. The fourth-order valence-electron chi connectivity index (χ4n) is 1.39. The highest BCUT2D eigenvalue weighted by atomic mass is 32.1. The molecule has 0 aromatic carbocycles. The van der Waals surface area contributed by atoms with Gasteiger partial charge in [-0.05, 0) is 18.4 Å². The molecule has 5 nitrogen and oxygen atoms in total. The lowest BCUT2D eigenvalue weighted by molar-refractivity contribution is 0.0933. The summed E-state index contributed by atoms with van der Waals surface area (Å²) in [6.07, 6.45) is 0. The van der Waals surface area contributed by atoms with Crippen molar-refractivity contribution in [2.75, 3.05) is 0 Å². The van der Waals surface area contributed by atoms with Crippen LogP contribution in [-0.2, 0) is 0 Å². The molecule has 2 heterocycles. The summed E-state index contributed by atoms with van der Waals surface area (Å²) >= 11 is 1.49. The number of rotatable bonds is 4. The summed E-state index contributed by atoms with van der Waals surface area (Å²) in [5.74, 6) is 1.17. The van der Waals surface area contributed by atoms with E-state index in [1.165, 1.54) is 11.3 Å². The molecule has 0 bridgehead atoms. The Morgan fingerprint density at radius 2 is 2.22 bits per heavy atom. The highest BCUT2D eigenvalue weighted by Gasteiger charge is 2.18. The van der Waals surface area contributed by atoms with Gasteiger partial charge in [0.05, 0.1) is 5.56 Å².